The zero-order chi connectivity index (χ0) is 15.9. The van der Waals surface area contributed by atoms with Crippen molar-refractivity contribution in [3.63, 3.8) is 0 Å². The second-order valence-corrected chi connectivity index (χ2v) is 6.17. The minimum absolute atomic E-state index is 0.160. The first-order valence-corrected chi connectivity index (χ1v) is 7.02. The summed E-state index contributed by atoms with van der Waals surface area (Å²) < 4.78 is 5.87. The van der Waals surface area contributed by atoms with Gasteiger partial charge in [-0.15, -0.1) is 0 Å². The van der Waals surface area contributed by atoms with Gasteiger partial charge in [0.15, 0.2) is 6.10 Å². The molecule has 5 heteroatoms. The molecule has 0 heterocycles. The molecule has 21 heavy (non-hydrogen) atoms. The molecule has 1 aromatic rings. The Bertz CT molecular complexity index is 465. The van der Waals surface area contributed by atoms with Gasteiger partial charge in [-0.1, -0.05) is 30.3 Å². The third kappa shape index (κ3) is 8.09. The van der Waals surface area contributed by atoms with Crippen LogP contribution >= 0.6 is 0 Å². The Hall–Kier alpha value is -1.88. The van der Waals surface area contributed by atoms with Gasteiger partial charge in [-0.25, -0.2) is 0 Å². The molecular weight excluding hydrogens is 270 g/mol. The Labute approximate surface area is 125 Å². The standard InChI is InChI=1S/C16H23NO4/c1-17(2,3)12-14(11-15(18)19)21-16(20)10-9-13-7-5-4-6-8-13/h4-8,14H,9-12H2,1-3H3/p+1. The van der Waals surface area contributed by atoms with Crippen LogP contribution < -0.4 is 0 Å². The molecular formula is C16H24NO4+. The normalized spacial score (nSPS) is 12.7. The molecule has 0 amide bonds. The van der Waals surface area contributed by atoms with E-state index in [0.717, 1.165) is 5.56 Å². The van der Waals surface area contributed by atoms with Crippen LogP contribution in [0, 0.1) is 0 Å². The predicted molar refractivity (Wildman–Crippen MR) is 79.8 cm³/mol. The number of carboxylic acid groups (broad SMARTS) is 1. The minimum atomic E-state index is -0.954. The zero-order valence-corrected chi connectivity index (χ0v) is 12.9. The Kier molecular flexibility index (Phi) is 6.37. The van der Waals surface area contributed by atoms with Crippen molar-refractivity contribution in [1.82, 2.24) is 0 Å². The van der Waals surface area contributed by atoms with Gasteiger partial charge in [0.1, 0.15) is 6.54 Å². The molecule has 1 N–H and O–H groups in total. The smallest absolute Gasteiger partial charge is 0.307 e. The summed E-state index contributed by atoms with van der Waals surface area (Å²) >= 11 is 0. The SMILES string of the molecule is C[N+](C)(C)CC(CC(=O)O)OC(=O)CCc1ccccc1. The first-order valence-electron chi connectivity index (χ1n) is 7.02. The molecule has 1 aromatic carbocycles. The van der Waals surface area contributed by atoms with Crippen LogP contribution in [-0.4, -0.2) is 55.3 Å². The van der Waals surface area contributed by atoms with Gasteiger partial charge in [0.2, 0.25) is 0 Å². The summed E-state index contributed by atoms with van der Waals surface area (Å²) in [5, 5.41) is 8.90. The number of ether oxygens (including phenoxy) is 1. The van der Waals surface area contributed by atoms with Crippen LogP contribution in [0.2, 0.25) is 0 Å². The quantitative estimate of drug-likeness (QED) is 0.585. The molecule has 0 bridgehead atoms. The molecule has 1 atom stereocenters. The summed E-state index contributed by atoms with van der Waals surface area (Å²) in [4.78, 5) is 22.7. The molecule has 0 aliphatic carbocycles. The van der Waals surface area contributed by atoms with Crippen LogP contribution in [-0.2, 0) is 20.7 Å². The lowest BCUT2D eigenvalue weighted by atomic mass is 10.1. The van der Waals surface area contributed by atoms with E-state index in [0.29, 0.717) is 17.4 Å². The van der Waals surface area contributed by atoms with Gasteiger partial charge in [0, 0.05) is 6.42 Å². The fraction of sp³-hybridized carbons (Fsp3) is 0.500. The third-order valence-electron chi connectivity index (χ3n) is 2.91. The molecule has 0 radical (unpaired) electrons. The second-order valence-electron chi connectivity index (χ2n) is 6.17. The minimum Gasteiger partial charge on any atom is -0.481 e. The highest BCUT2D eigenvalue weighted by Crippen LogP contribution is 2.09. The maximum Gasteiger partial charge on any atom is 0.307 e. The van der Waals surface area contributed by atoms with Gasteiger partial charge >= 0.3 is 11.9 Å². The van der Waals surface area contributed by atoms with Crippen molar-refractivity contribution in [2.24, 2.45) is 0 Å². The maximum atomic E-state index is 11.9. The monoisotopic (exact) mass is 294 g/mol. The first-order chi connectivity index (χ1) is 9.76. The van der Waals surface area contributed by atoms with Crippen molar-refractivity contribution in [1.29, 1.82) is 0 Å². The number of esters is 1. The lowest BCUT2D eigenvalue weighted by molar-refractivity contribution is -0.873. The average molecular weight is 294 g/mol. The molecule has 0 aliphatic heterocycles. The molecule has 1 rings (SSSR count). The number of rotatable bonds is 8. The van der Waals surface area contributed by atoms with Gasteiger partial charge in [-0.3, -0.25) is 9.59 Å². The van der Waals surface area contributed by atoms with Gasteiger partial charge < -0.3 is 14.3 Å². The number of hydrogen-bond donors (Lipinski definition) is 1. The fourth-order valence-electron chi connectivity index (χ4n) is 2.09. The number of aliphatic carboxylic acids is 1. The summed E-state index contributed by atoms with van der Waals surface area (Å²) in [6.07, 6.45) is 0.110. The van der Waals surface area contributed by atoms with Crippen molar-refractivity contribution in [2.45, 2.75) is 25.4 Å². The number of carbonyl (C=O) groups is 2. The summed E-state index contributed by atoms with van der Waals surface area (Å²) in [6.45, 7) is 0.476. The van der Waals surface area contributed by atoms with Crippen LogP contribution in [0.5, 0.6) is 0 Å². The van der Waals surface area contributed by atoms with Crippen LogP contribution in [0.15, 0.2) is 30.3 Å². The molecule has 0 saturated heterocycles. The predicted octanol–water partition coefficient (Wildman–Crippen LogP) is 1.71. The number of nitrogens with zero attached hydrogens (tertiary/aromatic N) is 1. The molecule has 1 unspecified atom stereocenters. The van der Waals surface area contributed by atoms with Crippen LogP contribution in [0.1, 0.15) is 18.4 Å². The van der Waals surface area contributed by atoms with Crippen molar-refractivity contribution in [3.8, 4) is 0 Å². The molecule has 0 aromatic heterocycles. The van der Waals surface area contributed by atoms with Crippen molar-refractivity contribution in [2.75, 3.05) is 27.7 Å². The molecule has 5 nitrogen and oxygen atoms in total. The number of aryl methyl sites for hydroxylation is 1. The molecule has 0 aliphatic rings. The average Bonchev–Trinajstić information content (AvgIpc) is 2.34. The number of quaternary nitrogens is 1. The van der Waals surface area contributed by atoms with Gasteiger partial charge in [0.05, 0.1) is 27.6 Å². The summed E-state index contributed by atoms with van der Waals surface area (Å²) in [5.41, 5.74) is 1.07. The lowest BCUT2D eigenvalue weighted by Gasteiger charge is -2.28. The lowest BCUT2D eigenvalue weighted by Crippen LogP contribution is -2.43. The van der Waals surface area contributed by atoms with Crippen molar-refractivity contribution >= 4 is 11.9 Å². The van der Waals surface area contributed by atoms with E-state index in [2.05, 4.69) is 0 Å². The van der Waals surface area contributed by atoms with Gasteiger partial charge in [0.25, 0.3) is 0 Å². The van der Waals surface area contributed by atoms with E-state index in [-0.39, 0.29) is 18.8 Å². The fourth-order valence-corrected chi connectivity index (χ4v) is 2.09. The largest absolute Gasteiger partial charge is 0.481 e. The van der Waals surface area contributed by atoms with Crippen molar-refractivity contribution < 1.29 is 23.9 Å². The summed E-state index contributed by atoms with van der Waals surface area (Å²) in [5.74, 6) is -1.30. The van der Waals surface area contributed by atoms with Crippen LogP contribution in [0.3, 0.4) is 0 Å². The number of carbonyl (C=O) groups excluding carboxylic acids is 1. The Morgan fingerprint density at radius 2 is 1.81 bits per heavy atom. The van der Waals surface area contributed by atoms with Crippen LogP contribution in [0.25, 0.3) is 0 Å². The highest BCUT2D eigenvalue weighted by Gasteiger charge is 2.24. The molecule has 0 spiro atoms. The summed E-state index contributed by atoms with van der Waals surface area (Å²) in [7, 11) is 5.81. The van der Waals surface area contributed by atoms with E-state index in [1.54, 1.807) is 0 Å². The number of likely N-dealkylation sites (N-methyl/N-ethyl adjacent to an activating group) is 1. The van der Waals surface area contributed by atoms with E-state index >= 15 is 0 Å². The topological polar surface area (TPSA) is 63.6 Å². The number of carboxylic acids is 1. The van der Waals surface area contributed by atoms with Crippen LogP contribution in [0.4, 0.5) is 0 Å². The molecule has 116 valence electrons. The second kappa shape index (κ2) is 7.78. The third-order valence-corrected chi connectivity index (χ3v) is 2.91. The first kappa shape index (κ1) is 17.2. The zero-order valence-electron chi connectivity index (χ0n) is 12.9. The molecule has 0 fully saturated rings. The van der Waals surface area contributed by atoms with E-state index in [9.17, 15) is 9.59 Å². The van der Waals surface area contributed by atoms with Gasteiger partial charge in [-0.2, -0.15) is 0 Å². The highest BCUT2D eigenvalue weighted by atomic mass is 16.5. The van der Waals surface area contributed by atoms with E-state index in [4.69, 9.17) is 9.84 Å². The number of benzene rings is 1. The van der Waals surface area contributed by atoms with E-state index in [1.165, 1.54) is 0 Å². The Morgan fingerprint density at radius 1 is 1.19 bits per heavy atom. The van der Waals surface area contributed by atoms with E-state index < -0.39 is 12.1 Å². The van der Waals surface area contributed by atoms with Crippen molar-refractivity contribution in [3.05, 3.63) is 35.9 Å². The maximum absolute atomic E-state index is 11.9. The summed E-state index contributed by atoms with van der Waals surface area (Å²) in [6, 6.07) is 9.67. The number of hydrogen-bond acceptors (Lipinski definition) is 3. The van der Waals surface area contributed by atoms with Gasteiger partial charge in [-0.05, 0) is 12.0 Å². The Balaban J connectivity index is 2.49. The molecule has 0 saturated carbocycles. The highest BCUT2D eigenvalue weighted by molar-refractivity contribution is 5.71. The Morgan fingerprint density at radius 3 is 2.33 bits per heavy atom. The van der Waals surface area contributed by atoms with E-state index in [1.807, 2.05) is 51.5 Å².